The van der Waals surface area contributed by atoms with E-state index in [1.165, 1.54) is 11.1 Å². The molecule has 0 amide bonds. The highest BCUT2D eigenvalue weighted by Crippen LogP contribution is 2.37. The number of hydrazine groups is 1. The number of nitrogens with two attached hydrogens (primary N) is 1. The summed E-state index contributed by atoms with van der Waals surface area (Å²) in [7, 11) is 0. The van der Waals surface area contributed by atoms with Gasteiger partial charge in [0.25, 0.3) is 0 Å². The van der Waals surface area contributed by atoms with E-state index < -0.39 is 0 Å². The third-order valence-corrected chi connectivity index (χ3v) is 3.84. The molecule has 0 saturated carbocycles. The molecule has 0 radical (unpaired) electrons. The molecule has 19 heavy (non-hydrogen) atoms. The third kappa shape index (κ3) is 3.15. The van der Waals surface area contributed by atoms with Crippen molar-refractivity contribution in [3.63, 3.8) is 0 Å². The monoisotopic (exact) mass is 264 g/mol. The normalized spacial score (nSPS) is 20.2. The molecule has 3 N–H and O–H groups in total. The molecular weight excluding hydrogens is 240 g/mol. The summed E-state index contributed by atoms with van der Waals surface area (Å²) < 4.78 is 11.6. The first kappa shape index (κ1) is 14.5. The Morgan fingerprint density at radius 1 is 1.42 bits per heavy atom. The predicted molar refractivity (Wildman–Crippen MR) is 75.7 cm³/mol. The van der Waals surface area contributed by atoms with Crippen molar-refractivity contribution in [3.8, 4) is 0 Å². The van der Waals surface area contributed by atoms with Crippen LogP contribution in [0.15, 0.2) is 24.3 Å². The van der Waals surface area contributed by atoms with Crippen molar-refractivity contribution in [2.24, 2.45) is 5.84 Å². The average Bonchev–Trinajstić information content (AvgIpc) is 2.41. The first-order valence-electron chi connectivity index (χ1n) is 6.96. The van der Waals surface area contributed by atoms with Gasteiger partial charge in [0.1, 0.15) is 0 Å². The van der Waals surface area contributed by atoms with E-state index in [-0.39, 0.29) is 11.6 Å². The zero-order chi connectivity index (χ0) is 13.7. The fraction of sp³-hybridized carbons (Fsp3) is 0.600. The molecule has 0 aromatic heterocycles. The minimum atomic E-state index is -0.268. The van der Waals surface area contributed by atoms with Crippen molar-refractivity contribution in [3.05, 3.63) is 35.4 Å². The van der Waals surface area contributed by atoms with Crippen LogP contribution < -0.4 is 11.3 Å². The van der Waals surface area contributed by atoms with E-state index in [4.69, 9.17) is 15.3 Å². The highest BCUT2D eigenvalue weighted by Gasteiger charge is 2.41. The Bertz CT molecular complexity index is 397. The largest absolute Gasteiger partial charge is 0.381 e. The van der Waals surface area contributed by atoms with Gasteiger partial charge in [0, 0.05) is 32.7 Å². The molecule has 1 unspecified atom stereocenters. The van der Waals surface area contributed by atoms with Crippen molar-refractivity contribution in [2.45, 2.75) is 38.3 Å². The Balaban J connectivity index is 2.31. The molecule has 1 aromatic rings. The van der Waals surface area contributed by atoms with Crippen LogP contribution in [0.3, 0.4) is 0 Å². The van der Waals surface area contributed by atoms with E-state index in [2.05, 4.69) is 36.6 Å². The van der Waals surface area contributed by atoms with E-state index in [0.717, 1.165) is 26.1 Å². The fourth-order valence-electron chi connectivity index (χ4n) is 2.92. The summed E-state index contributed by atoms with van der Waals surface area (Å²) in [4.78, 5) is 0. The number of benzene rings is 1. The highest BCUT2D eigenvalue weighted by molar-refractivity contribution is 5.27. The van der Waals surface area contributed by atoms with Gasteiger partial charge in [0.2, 0.25) is 0 Å². The van der Waals surface area contributed by atoms with Gasteiger partial charge in [-0.15, -0.1) is 0 Å². The molecule has 2 rings (SSSR count). The van der Waals surface area contributed by atoms with Crippen molar-refractivity contribution in [1.29, 1.82) is 0 Å². The van der Waals surface area contributed by atoms with E-state index in [1.54, 1.807) is 0 Å². The summed E-state index contributed by atoms with van der Waals surface area (Å²) >= 11 is 0. The quantitative estimate of drug-likeness (QED) is 0.631. The van der Waals surface area contributed by atoms with Gasteiger partial charge in [-0.25, -0.2) is 0 Å². The van der Waals surface area contributed by atoms with Crippen LogP contribution in [0, 0.1) is 6.92 Å². The summed E-state index contributed by atoms with van der Waals surface area (Å²) in [6, 6.07) is 8.42. The Labute approximate surface area is 115 Å². The van der Waals surface area contributed by atoms with Crippen LogP contribution in [0.5, 0.6) is 0 Å². The summed E-state index contributed by atoms with van der Waals surface area (Å²) in [5.41, 5.74) is 5.10. The van der Waals surface area contributed by atoms with Crippen LogP contribution in [-0.2, 0) is 9.47 Å². The van der Waals surface area contributed by atoms with Crippen molar-refractivity contribution >= 4 is 0 Å². The summed E-state index contributed by atoms with van der Waals surface area (Å²) in [5, 5.41) is 0. The minimum Gasteiger partial charge on any atom is -0.381 e. The second-order valence-corrected chi connectivity index (χ2v) is 5.12. The number of nitrogens with one attached hydrogen (secondary N) is 1. The number of hydrogen-bond donors (Lipinski definition) is 2. The Kier molecular flexibility index (Phi) is 4.93. The van der Waals surface area contributed by atoms with Gasteiger partial charge in [0.15, 0.2) is 0 Å². The Morgan fingerprint density at radius 2 is 2.16 bits per heavy atom. The molecule has 106 valence electrons. The molecule has 0 bridgehead atoms. The number of ether oxygens (including phenoxy) is 2. The van der Waals surface area contributed by atoms with Gasteiger partial charge in [-0.3, -0.25) is 11.3 Å². The lowest BCUT2D eigenvalue weighted by Gasteiger charge is -2.43. The first-order valence-corrected chi connectivity index (χ1v) is 6.96. The molecule has 1 heterocycles. The lowest BCUT2D eigenvalue weighted by Crippen LogP contribution is -2.51. The molecule has 1 aliphatic rings. The molecular formula is C15H24N2O2. The molecule has 0 aliphatic carbocycles. The van der Waals surface area contributed by atoms with Crippen molar-refractivity contribution in [1.82, 2.24) is 5.43 Å². The second kappa shape index (κ2) is 6.48. The smallest absolute Gasteiger partial charge is 0.0932 e. The van der Waals surface area contributed by atoms with Gasteiger partial charge in [0.05, 0.1) is 11.6 Å². The van der Waals surface area contributed by atoms with Crippen molar-refractivity contribution in [2.75, 3.05) is 19.8 Å². The van der Waals surface area contributed by atoms with Crippen LogP contribution >= 0.6 is 0 Å². The van der Waals surface area contributed by atoms with Gasteiger partial charge in [-0.1, -0.05) is 29.8 Å². The second-order valence-electron chi connectivity index (χ2n) is 5.12. The van der Waals surface area contributed by atoms with E-state index in [1.807, 2.05) is 6.92 Å². The SMILES string of the molecule is CCOC1(C(NN)c2cccc(C)c2)CCOCC1. The standard InChI is InChI=1S/C15H24N2O2/c1-3-19-15(7-9-18-10-8-15)14(17-16)13-6-4-5-12(2)11-13/h4-6,11,14,17H,3,7-10,16H2,1-2H3. The summed E-state index contributed by atoms with van der Waals surface area (Å²) in [5.74, 6) is 5.83. The van der Waals surface area contributed by atoms with Crippen molar-refractivity contribution < 1.29 is 9.47 Å². The predicted octanol–water partition coefficient (Wildman–Crippen LogP) is 2.09. The molecule has 0 spiro atoms. The number of aryl methyl sites for hydroxylation is 1. The minimum absolute atomic E-state index is 0.00347. The molecule has 1 aliphatic heterocycles. The molecule has 1 saturated heterocycles. The van der Waals surface area contributed by atoms with Gasteiger partial charge < -0.3 is 9.47 Å². The van der Waals surface area contributed by atoms with Gasteiger partial charge in [-0.2, -0.15) is 0 Å². The molecule has 1 aromatic carbocycles. The highest BCUT2D eigenvalue weighted by atomic mass is 16.5. The zero-order valence-electron chi connectivity index (χ0n) is 11.8. The molecule has 1 fully saturated rings. The third-order valence-electron chi connectivity index (χ3n) is 3.84. The maximum Gasteiger partial charge on any atom is 0.0932 e. The summed E-state index contributed by atoms with van der Waals surface area (Å²) in [6.07, 6.45) is 1.73. The lowest BCUT2D eigenvalue weighted by atomic mass is 9.82. The Hall–Kier alpha value is -0.940. The van der Waals surface area contributed by atoms with Crippen LogP contribution in [0.25, 0.3) is 0 Å². The van der Waals surface area contributed by atoms with Crippen LogP contribution in [0.4, 0.5) is 0 Å². The lowest BCUT2D eigenvalue weighted by molar-refractivity contribution is -0.128. The first-order chi connectivity index (χ1) is 9.22. The number of rotatable bonds is 5. The molecule has 4 heteroatoms. The molecule has 4 nitrogen and oxygen atoms in total. The van der Waals surface area contributed by atoms with Gasteiger partial charge in [-0.05, 0) is 19.4 Å². The topological polar surface area (TPSA) is 56.5 Å². The zero-order valence-corrected chi connectivity index (χ0v) is 11.8. The maximum atomic E-state index is 6.10. The van der Waals surface area contributed by atoms with Crippen LogP contribution in [-0.4, -0.2) is 25.4 Å². The van der Waals surface area contributed by atoms with E-state index in [0.29, 0.717) is 6.61 Å². The van der Waals surface area contributed by atoms with Gasteiger partial charge >= 0.3 is 0 Å². The van der Waals surface area contributed by atoms with E-state index >= 15 is 0 Å². The van der Waals surface area contributed by atoms with Crippen LogP contribution in [0.2, 0.25) is 0 Å². The Morgan fingerprint density at radius 3 is 2.74 bits per heavy atom. The van der Waals surface area contributed by atoms with E-state index in [9.17, 15) is 0 Å². The number of hydrogen-bond acceptors (Lipinski definition) is 4. The summed E-state index contributed by atoms with van der Waals surface area (Å²) in [6.45, 7) is 6.26. The molecule has 1 atom stereocenters. The van der Waals surface area contributed by atoms with Crippen LogP contribution in [0.1, 0.15) is 36.9 Å². The average molecular weight is 264 g/mol. The maximum absolute atomic E-state index is 6.10. The fourth-order valence-corrected chi connectivity index (χ4v) is 2.92.